The number of halogens is 1. The Labute approximate surface area is 165 Å². The van der Waals surface area contributed by atoms with Crippen molar-refractivity contribution in [1.82, 2.24) is 4.90 Å². The third-order valence-electron chi connectivity index (χ3n) is 5.53. The van der Waals surface area contributed by atoms with Crippen molar-refractivity contribution in [3.63, 3.8) is 0 Å². The number of nitrogens with zero attached hydrogens (tertiary/aromatic N) is 2. The summed E-state index contributed by atoms with van der Waals surface area (Å²) in [5.74, 6) is 0.150. The summed E-state index contributed by atoms with van der Waals surface area (Å²) in [7, 11) is 0. The average molecular weight is 382 g/mol. The molecule has 1 fully saturated rings. The molecule has 0 bridgehead atoms. The van der Waals surface area contributed by atoms with Crippen molar-refractivity contribution >= 4 is 11.6 Å². The van der Waals surface area contributed by atoms with E-state index in [4.69, 9.17) is 10.5 Å². The number of fused-ring (bicyclic) bond motifs is 1. The SMILES string of the molecule is NC(=NCC(c1cccc(F)c1)N1CCOCC1)Nc1ccc2c(c1)CCC2. The van der Waals surface area contributed by atoms with Crippen LogP contribution in [0, 0.1) is 5.82 Å². The van der Waals surface area contributed by atoms with Crippen LogP contribution in [0.25, 0.3) is 0 Å². The lowest BCUT2D eigenvalue weighted by Crippen LogP contribution is -2.40. The van der Waals surface area contributed by atoms with Crippen LogP contribution in [0.3, 0.4) is 0 Å². The van der Waals surface area contributed by atoms with Gasteiger partial charge >= 0.3 is 0 Å². The van der Waals surface area contributed by atoms with E-state index in [0.29, 0.717) is 25.7 Å². The van der Waals surface area contributed by atoms with Gasteiger partial charge in [-0.25, -0.2) is 4.39 Å². The van der Waals surface area contributed by atoms with Crippen molar-refractivity contribution in [2.75, 3.05) is 38.2 Å². The van der Waals surface area contributed by atoms with Crippen molar-refractivity contribution in [3.8, 4) is 0 Å². The lowest BCUT2D eigenvalue weighted by atomic mass is 10.0. The lowest BCUT2D eigenvalue weighted by molar-refractivity contribution is 0.0179. The molecule has 0 amide bonds. The van der Waals surface area contributed by atoms with Gasteiger partial charge in [-0.15, -0.1) is 0 Å². The van der Waals surface area contributed by atoms with Crippen molar-refractivity contribution in [3.05, 3.63) is 65.0 Å². The summed E-state index contributed by atoms with van der Waals surface area (Å²) >= 11 is 0. The van der Waals surface area contributed by atoms with Crippen LogP contribution >= 0.6 is 0 Å². The van der Waals surface area contributed by atoms with Crippen LogP contribution in [-0.2, 0) is 17.6 Å². The lowest BCUT2D eigenvalue weighted by Gasteiger charge is -2.34. The van der Waals surface area contributed by atoms with E-state index in [2.05, 4.69) is 33.4 Å². The molecule has 0 aromatic heterocycles. The molecular weight excluding hydrogens is 355 g/mol. The Kier molecular flexibility index (Phi) is 5.88. The van der Waals surface area contributed by atoms with Crippen molar-refractivity contribution in [1.29, 1.82) is 0 Å². The molecule has 5 nitrogen and oxygen atoms in total. The number of aliphatic imine (C=N–C) groups is 1. The zero-order valence-electron chi connectivity index (χ0n) is 16.0. The van der Waals surface area contributed by atoms with E-state index in [-0.39, 0.29) is 11.9 Å². The van der Waals surface area contributed by atoms with Gasteiger partial charge in [-0.05, 0) is 60.2 Å². The number of anilines is 1. The summed E-state index contributed by atoms with van der Waals surface area (Å²) < 4.78 is 19.2. The van der Waals surface area contributed by atoms with Crippen LogP contribution < -0.4 is 11.1 Å². The number of nitrogens with one attached hydrogen (secondary N) is 1. The molecule has 1 aliphatic heterocycles. The molecule has 0 radical (unpaired) electrons. The fraction of sp³-hybridized carbons (Fsp3) is 0.409. The topological polar surface area (TPSA) is 62.9 Å². The third-order valence-corrected chi connectivity index (χ3v) is 5.53. The molecule has 0 saturated carbocycles. The summed E-state index contributed by atoms with van der Waals surface area (Å²) in [6, 6.07) is 13.1. The first-order valence-electron chi connectivity index (χ1n) is 9.95. The summed E-state index contributed by atoms with van der Waals surface area (Å²) in [6.45, 7) is 3.42. The molecule has 2 aromatic carbocycles. The number of aryl methyl sites for hydroxylation is 2. The molecule has 6 heteroatoms. The zero-order valence-corrected chi connectivity index (χ0v) is 16.0. The van der Waals surface area contributed by atoms with Gasteiger partial charge in [0.25, 0.3) is 0 Å². The first-order valence-corrected chi connectivity index (χ1v) is 9.95. The second kappa shape index (κ2) is 8.71. The Bertz CT molecular complexity index is 848. The minimum atomic E-state index is -0.232. The van der Waals surface area contributed by atoms with E-state index in [1.165, 1.54) is 23.6 Å². The number of benzene rings is 2. The Balaban J connectivity index is 1.47. The number of nitrogens with two attached hydrogens (primary N) is 1. The van der Waals surface area contributed by atoms with Gasteiger partial charge in [-0.2, -0.15) is 0 Å². The number of morpholine rings is 1. The highest BCUT2D eigenvalue weighted by atomic mass is 19.1. The summed E-state index contributed by atoms with van der Waals surface area (Å²) in [4.78, 5) is 6.86. The molecule has 3 N–H and O–H groups in total. The number of guanidine groups is 1. The molecule has 2 aromatic rings. The van der Waals surface area contributed by atoms with Gasteiger partial charge in [0.05, 0.1) is 25.8 Å². The van der Waals surface area contributed by atoms with Gasteiger partial charge in [0.15, 0.2) is 5.96 Å². The van der Waals surface area contributed by atoms with Crippen LogP contribution in [0.2, 0.25) is 0 Å². The van der Waals surface area contributed by atoms with Crippen LogP contribution in [0.4, 0.5) is 10.1 Å². The van der Waals surface area contributed by atoms with Gasteiger partial charge in [0, 0.05) is 18.8 Å². The molecule has 28 heavy (non-hydrogen) atoms. The Morgan fingerprint density at radius 3 is 2.79 bits per heavy atom. The minimum absolute atomic E-state index is 0.0278. The Hall–Kier alpha value is -2.44. The largest absolute Gasteiger partial charge is 0.379 e. The van der Waals surface area contributed by atoms with Crippen molar-refractivity contribution in [2.45, 2.75) is 25.3 Å². The first kappa shape index (κ1) is 18.9. The average Bonchev–Trinajstić information content (AvgIpc) is 3.17. The van der Waals surface area contributed by atoms with E-state index in [9.17, 15) is 4.39 Å². The van der Waals surface area contributed by atoms with E-state index < -0.39 is 0 Å². The van der Waals surface area contributed by atoms with Crippen LogP contribution in [0.15, 0.2) is 47.5 Å². The predicted molar refractivity (Wildman–Crippen MR) is 110 cm³/mol. The quantitative estimate of drug-likeness (QED) is 0.616. The first-order chi connectivity index (χ1) is 13.7. The molecule has 0 spiro atoms. The molecule has 148 valence electrons. The van der Waals surface area contributed by atoms with Gasteiger partial charge in [-0.3, -0.25) is 9.89 Å². The molecule has 1 aliphatic carbocycles. The van der Waals surface area contributed by atoms with Gasteiger partial charge in [0.2, 0.25) is 0 Å². The van der Waals surface area contributed by atoms with Crippen molar-refractivity contribution < 1.29 is 9.13 Å². The van der Waals surface area contributed by atoms with Crippen LogP contribution in [0.5, 0.6) is 0 Å². The molecule has 1 heterocycles. The van der Waals surface area contributed by atoms with E-state index in [1.807, 2.05) is 6.07 Å². The van der Waals surface area contributed by atoms with Gasteiger partial charge < -0.3 is 15.8 Å². The number of hydrogen-bond donors (Lipinski definition) is 2. The highest BCUT2D eigenvalue weighted by molar-refractivity contribution is 5.92. The molecule has 4 rings (SSSR count). The maximum absolute atomic E-state index is 13.8. The van der Waals surface area contributed by atoms with Crippen LogP contribution in [-0.4, -0.2) is 43.7 Å². The van der Waals surface area contributed by atoms with Crippen LogP contribution in [0.1, 0.15) is 29.2 Å². The predicted octanol–water partition coefficient (Wildman–Crippen LogP) is 3.11. The number of hydrogen-bond acceptors (Lipinski definition) is 3. The number of rotatable bonds is 5. The second-order valence-electron chi connectivity index (χ2n) is 7.41. The standard InChI is InChI=1S/C22H27FN4O/c23-19-6-2-5-18(13-19)21(27-9-11-28-12-10-27)15-25-22(24)26-20-8-7-16-3-1-4-17(16)14-20/h2,5-8,13-14,21H,1,3-4,9-12,15H2,(H3,24,25,26). The number of ether oxygens (including phenoxy) is 1. The molecule has 1 atom stereocenters. The smallest absolute Gasteiger partial charge is 0.193 e. The highest BCUT2D eigenvalue weighted by Gasteiger charge is 2.23. The fourth-order valence-corrected chi connectivity index (χ4v) is 4.06. The summed E-state index contributed by atoms with van der Waals surface area (Å²) in [5.41, 5.74) is 10.9. The second-order valence-corrected chi connectivity index (χ2v) is 7.41. The summed E-state index contributed by atoms with van der Waals surface area (Å²) in [6.07, 6.45) is 3.51. The summed E-state index contributed by atoms with van der Waals surface area (Å²) in [5, 5.41) is 3.20. The molecule has 2 aliphatic rings. The Morgan fingerprint density at radius 2 is 1.96 bits per heavy atom. The Morgan fingerprint density at radius 1 is 1.14 bits per heavy atom. The highest BCUT2D eigenvalue weighted by Crippen LogP contribution is 2.25. The van der Waals surface area contributed by atoms with Crippen molar-refractivity contribution in [2.24, 2.45) is 10.7 Å². The van der Waals surface area contributed by atoms with E-state index in [1.54, 1.807) is 12.1 Å². The van der Waals surface area contributed by atoms with E-state index >= 15 is 0 Å². The van der Waals surface area contributed by atoms with Gasteiger partial charge in [0.1, 0.15) is 5.82 Å². The molecular formula is C22H27FN4O. The van der Waals surface area contributed by atoms with Gasteiger partial charge in [-0.1, -0.05) is 18.2 Å². The monoisotopic (exact) mass is 382 g/mol. The minimum Gasteiger partial charge on any atom is -0.379 e. The zero-order chi connectivity index (χ0) is 19.3. The molecule has 1 saturated heterocycles. The maximum atomic E-state index is 13.8. The normalized spacial score (nSPS) is 18.7. The maximum Gasteiger partial charge on any atom is 0.193 e. The molecule has 1 unspecified atom stereocenters. The fourth-order valence-electron chi connectivity index (χ4n) is 4.06. The van der Waals surface area contributed by atoms with E-state index in [0.717, 1.165) is 37.2 Å². The third kappa shape index (κ3) is 4.51.